The second kappa shape index (κ2) is 10.3. The number of rotatable bonds is 7. The lowest BCUT2D eigenvalue weighted by molar-refractivity contribution is 0.0935. The maximum absolute atomic E-state index is 13.3. The van der Waals surface area contributed by atoms with Gasteiger partial charge in [0.25, 0.3) is 5.91 Å². The number of carbonyl (C=O) groups is 1. The van der Waals surface area contributed by atoms with Crippen LogP contribution in [0.3, 0.4) is 0 Å². The smallest absolute Gasteiger partial charge is 0.251 e. The van der Waals surface area contributed by atoms with E-state index >= 15 is 0 Å². The third-order valence-corrected chi connectivity index (χ3v) is 7.91. The normalized spacial score (nSPS) is 16.4. The van der Waals surface area contributed by atoms with Crippen LogP contribution in [0.5, 0.6) is 5.75 Å². The number of methoxy groups -OCH3 is 1. The molecule has 0 aromatic heterocycles. The summed E-state index contributed by atoms with van der Waals surface area (Å²) in [5.74, 6) is 0.474. The molecule has 31 heavy (non-hydrogen) atoms. The molecule has 0 aliphatic carbocycles. The number of amides is 1. The lowest BCUT2D eigenvalue weighted by Crippen LogP contribution is -2.33. The molecule has 1 atom stereocenters. The van der Waals surface area contributed by atoms with Crippen LogP contribution in [0.4, 0.5) is 0 Å². The van der Waals surface area contributed by atoms with Crippen LogP contribution in [0.1, 0.15) is 66.6 Å². The molecule has 1 aliphatic heterocycles. The van der Waals surface area contributed by atoms with Crippen molar-refractivity contribution in [2.45, 2.75) is 56.9 Å². The summed E-state index contributed by atoms with van der Waals surface area (Å²) in [4.78, 5) is 13.2. The van der Waals surface area contributed by atoms with Gasteiger partial charge in [-0.3, -0.25) is 4.79 Å². The van der Waals surface area contributed by atoms with Gasteiger partial charge in [0.15, 0.2) is 0 Å². The Morgan fingerprint density at radius 1 is 1.06 bits per heavy atom. The van der Waals surface area contributed by atoms with Crippen molar-refractivity contribution in [3.05, 3.63) is 59.2 Å². The Labute approximate surface area is 185 Å². The van der Waals surface area contributed by atoms with Crippen LogP contribution < -0.4 is 10.1 Å². The molecule has 0 spiro atoms. The first-order valence-electron chi connectivity index (χ1n) is 10.9. The van der Waals surface area contributed by atoms with Crippen LogP contribution in [0.2, 0.25) is 0 Å². The average molecular weight is 445 g/mol. The maximum Gasteiger partial charge on any atom is 0.251 e. The van der Waals surface area contributed by atoms with Crippen LogP contribution in [-0.4, -0.2) is 38.8 Å². The lowest BCUT2D eigenvalue weighted by atomic mass is 10.0. The van der Waals surface area contributed by atoms with E-state index in [2.05, 4.69) is 5.32 Å². The number of hydrogen-bond donors (Lipinski definition) is 1. The summed E-state index contributed by atoms with van der Waals surface area (Å²) in [5, 5.41) is 3.04. The Balaban J connectivity index is 1.83. The molecule has 2 aromatic carbocycles. The molecule has 1 N–H and O–H groups in total. The van der Waals surface area contributed by atoms with Gasteiger partial charge in [-0.25, -0.2) is 8.42 Å². The fourth-order valence-electron chi connectivity index (χ4n) is 3.94. The van der Waals surface area contributed by atoms with E-state index in [0.29, 0.717) is 30.6 Å². The van der Waals surface area contributed by atoms with Crippen LogP contribution in [0.25, 0.3) is 0 Å². The van der Waals surface area contributed by atoms with Crippen molar-refractivity contribution in [1.29, 1.82) is 0 Å². The number of hydrogen-bond acceptors (Lipinski definition) is 4. The third kappa shape index (κ3) is 5.46. The molecule has 0 radical (unpaired) electrons. The van der Waals surface area contributed by atoms with Gasteiger partial charge in [0.1, 0.15) is 5.75 Å². The van der Waals surface area contributed by atoms with E-state index in [-0.39, 0.29) is 16.8 Å². The van der Waals surface area contributed by atoms with Gasteiger partial charge in [-0.2, -0.15) is 4.31 Å². The number of nitrogens with one attached hydrogen (secondary N) is 1. The zero-order valence-electron chi connectivity index (χ0n) is 18.6. The molecule has 2 aromatic rings. The summed E-state index contributed by atoms with van der Waals surface area (Å²) < 4.78 is 33.3. The van der Waals surface area contributed by atoms with Crippen LogP contribution in [0, 0.1) is 6.92 Å². The number of benzene rings is 2. The quantitative estimate of drug-likeness (QED) is 0.685. The molecule has 1 saturated heterocycles. The lowest BCUT2D eigenvalue weighted by Gasteiger charge is -2.22. The molecule has 0 bridgehead atoms. The van der Waals surface area contributed by atoms with Crippen molar-refractivity contribution in [3.63, 3.8) is 0 Å². The fourth-order valence-corrected chi connectivity index (χ4v) is 5.71. The minimum absolute atomic E-state index is 0.176. The van der Waals surface area contributed by atoms with Gasteiger partial charge in [-0.15, -0.1) is 0 Å². The molecule has 1 aliphatic rings. The van der Waals surface area contributed by atoms with E-state index in [1.165, 1.54) is 6.07 Å². The molecule has 1 heterocycles. The van der Waals surface area contributed by atoms with Crippen molar-refractivity contribution in [1.82, 2.24) is 9.62 Å². The Kier molecular flexibility index (Phi) is 7.73. The minimum atomic E-state index is -3.63. The minimum Gasteiger partial charge on any atom is -0.497 e. The number of nitrogens with zero attached hydrogens (tertiary/aromatic N) is 1. The number of aryl methyl sites for hydroxylation is 1. The second-order valence-electron chi connectivity index (χ2n) is 8.01. The summed E-state index contributed by atoms with van der Waals surface area (Å²) in [7, 11) is -2.01. The number of sulfonamides is 1. The molecule has 3 rings (SSSR count). The van der Waals surface area contributed by atoms with Crippen molar-refractivity contribution in [2.24, 2.45) is 0 Å². The fraction of sp³-hybridized carbons (Fsp3) is 0.458. The summed E-state index contributed by atoms with van der Waals surface area (Å²) in [6.45, 7) is 4.85. The highest BCUT2D eigenvalue weighted by Crippen LogP contribution is 2.25. The monoisotopic (exact) mass is 444 g/mol. The van der Waals surface area contributed by atoms with Crippen molar-refractivity contribution in [3.8, 4) is 5.75 Å². The first-order valence-corrected chi connectivity index (χ1v) is 12.4. The predicted octanol–water partition coefficient (Wildman–Crippen LogP) is 4.45. The average Bonchev–Trinajstić information content (AvgIpc) is 3.08. The van der Waals surface area contributed by atoms with Gasteiger partial charge in [0.05, 0.1) is 18.0 Å². The van der Waals surface area contributed by atoms with E-state index in [9.17, 15) is 13.2 Å². The molecule has 7 heteroatoms. The highest BCUT2D eigenvalue weighted by Gasteiger charge is 2.27. The first kappa shape index (κ1) is 23.3. The molecule has 1 amide bonds. The van der Waals surface area contributed by atoms with Crippen molar-refractivity contribution in [2.75, 3.05) is 20.2 Å². The third-order valence-electron chi connectivity index (χ3n) is 5.86. The molecule has 0 saturated carbocycles. The predicted molar refractivity (Wildman–Crippen MR) is 122 cm³/mol. The van der Waals surface area contributed by atoms with Crippen LogP contribution in [0.15, 0.2) is 47.4 Å². The highest BCUT2D eigenvalue weighted by molar-refractivity contribution is 7.89. The zero-order valence-corrected chi connectivity index (χ0v) is 19.4. The molecule has 6 nitrogen and oxygen atoms in total. The van der Waals surface area contributed by atoms with E-state index in [1.807, 2.05) is 31.2 Å². The molecule has 168 valence electrons. The first-order chi connectivity index (χ1) is 14.9. The Morgan fingerprint density at radius 2 is 1.71 bits per heavy atom. The van der Waals surface area contributed by atoms with Gasteiger partial charge in [-0.1, -0.05) is 38.0 Å². The standard InChI is InChI=1S/C24H32N2O4S/c1-4-22(19-11-13-21(30-3)14-12-19)25-24(27)20-10-9-18(2)23(17-20)31(28,29)26-15-7-5-6-8-16-26/h9-14,17,22H,4-8,15-16H2,1-3H3,(H,25,27). The van der Waals surface area contributed by atoms with E-state index in [1.54, 1.807) is 30.5 Å². The summed E-state index contributed by atoms with van der Waals surface area (Å²) in [6, 6.07) is 12.3. The molecule has 1 unspecified atom stereocenters. The molecular formula is C24H32N2O4S. The van der Waals surface area contributed by atoms with E-state index in [0.717, 1.165) is 37.0 Å². The van der Waals surface area contributed by atoms with E-state index < -0.39 is 10.0 Å². The van der Waals surface area contributed by atoms with Crippen LogP contribution in [-0.2, 0) is 10.0 Å². The largest absolute Gasteiger partial charge is 0.497 e. The van der Waals surface area contributed by atoms with Crippen LogP contribution >= 0.6 is 0 Å². The van der Waals surface area contributed by atoms with Crippen molar-refractivity contribution >= 4 is 15.9 Å². The van der Waals surface area contributed by atoms with Gasteiger partial charge in [-0.05, 0) is 61.6 Å². The molecule has 1 fully saturated rings. The summed E-state index contributed by atoms with van der Waals surface area (Å²) in [5.41, 5.74) is 1.98. The highest BCUT2D eigenvalue weighted by atomic mass is 32.2. The maximum atomic E-state index is 13.3. The Bertz CT molecular complexity index is 995. The van der Waals surface area contributed by atoms with Gasteiger partial charge < -0.3 is 10.1 Å². The van der Waals surface area contributed by atoms with Gasteiger partial charge in [0.2, 0.25) is 10.0 Å². The topological polar surface area (TPSA) is 75.7 Å². The SMILES string of the molecule is CCC(NC(=O)c1ccc(C)c(S(=O)(=O)N2CCCCCC2)c1)c1ccc(OC)cc1. The van der Waals surface area contributed by atoms with E-state index in [4.69, 9.17) is 4.74 Å². The molecular weight excluding hydrogens is 412 g/mol. The van der Waals surface area contributed by atoms with Crippen molar-refractivity contribution < 1.29 is 17.9 Å². The number of ether oxygens (including phenoxy) is 1. The van der Waals surface area contributed by atoms with Gasteiger partial charge in [0, 0.05) is 18.7 Å². The summed E-state index contributed by atoms with van der Waals surface area (Å²) in [6.07, 6.45) is 4.56. The number of carbonyl (C=O) groups excluding carboxylic acids is 1. The zero-order chi connectivity index (χ0) is 22.4. The second-order valence-corrected chi connectivity index (χ2v) is 9.91. The Morgan fingerprint density at radius 3 is 2.29 bits per heavy atom. The summed E-state index contributed by atoms with van der Waals surface area (Å²) >= 11 is 0. The Hall–Kier alpha value is -2.38. The van der Waals surface area contributed by atoms with Gasteiger partial charge >= 0.3 is 0 Å².